The number of pyridine rings is 1. The molecule has 1 N–H and O–H groups in total. The first kappa shape index (κ1) is 15.3. The lowest BCUT2D eigenvalue weighted by atomic mass is 10.2. The van der Waals surface area contributed by atoms with E-state index >= 15 is 0 Å². The Balaban J connectivity index is 1.61. The molecule has 0 aliphatic heterocycles. The summed E-state index contributed by atoms with van der Waals surface area (Å²) in [5, 5.41) is 4.50. The van der Waals surface area contributed by atoms with Crippen molar-refractivity contribution in [3.05, 3.63) is 59.7 Å². The monoisotopic (exact) mass is 336 g/mol. The fourth-order valence-corrected chi connectivity index (χ4v) is 2.68. The fourth-order valence-electron chi connectivity index (χ4n) is 2.68. The van der Waals surface area contributed by atoms with Crippen LogP contribution in [-0.2, 0) is 6.54 Å². The zero-order chi connectivity index (χ0) is 17.4. The second-order valence-electron chi connectivity index (χ2n) is 5.75. The van der Waals surface area contributed by atoms with Crippen molar-refractivity contribution in [1.82, 2.24) is 10.3 Å². The van der Waals surface area contributed by atoms with Crippen molar-refractivity contribution in [3.8, 4) is 5.75 Å². The Morgan fingerprint density at radius 2 is 2.00 bits per heavy atom. The average molecular weight is 336 g/mol. The van der Waals surface area contributed by atoms with Crippen LogP contribution in [0.5, 0.6) is 5.75 Å². The van der Waals surface area contributed by atoms with Gasteiger partial charge in [-0.3, -0.25) is 4.79 Å². The molecule has 4 rings (SSSR count). The van der Waals surface area contributed by atoms with Gasteiger partial charge in [-0.1, -0.05) is 0 Å². The van der Waals surface area contributed by atoms with Gasteiger partial charge in [0.15, 0.2) is 5.76 Å². The lowest BCUT2D eigenvalue weighted by Crippen LogP contribution is -2.21. The maximum Gasteiger partial charge on any atom is 0.287 e. The van der Waals surface area contributed by atoms with Gasteiger partial charge in [0.25, 0.3) is 5.91 Å². The zero-order valence-electron chi connectivity index (χ0n) is 13.8. The number of carbonyl (C=O) groups is 1. The Morgan fingerprint density at radius 3 is 2.76 bits per heavy atom. The van der Waals surface area contributed by atoms with Crippen LogP contribution in [0.15, 0.2) is 51.3 Å². The van der Waals surface area contributed by atoms with E-state index in [1.54, 1.807) is 13.2 Å². The molecular weight excluding hydrogens is 320 g/mol. The third-order valence-electron chi connectivity index (χ3n) is 3.95. The molecule has 1 aromatic carbocycles. The number of fused-ring (bicyclic) bond motifs is 2. The maximum absolute atomic E-state index is 12.3. The largest absolute Gasteiger partial charge is 0.497 e. The van der Waals surface area contributed by atoms with Crippen molar-refractivity contribution in [2.45, 2.75) is 13.5 Å². The number of rotatable bonds is 4. The molecule has 3 heterocycles. The summed E-state index contributed by atoms with van der Waals surface area (Å²) in [5.74, 6) is 2.12. The van der Waals surface area contributed by atoms with Gasteiger partial charge < -0.3 is 18.9 Å². The predicted octanol–water partition coefficient (Wildman–Crippen LogP) is 3.82. The number of ether oxygens (including phenoxy) is 1. The predicted molar refractivity (Wildman–Crippen MR) is 92.7 cm³/mol. The van der Waals surface area contributed by atoms with Crippen LogP contribution < -0.4 is 10.1 Å². The van der Waals surface area contributed by atoms with E-state index in [-0.39, 0.29) is 11.7 Å². The summed E-state index contributed by atoms with van der Waals surface area (Å²) in [4.78, 5) is 16.8. The molecule has 1 amide bonds. The minimum absolute atomic E-state index is 0.216. The fraction of sp³-hybridized carbons (Fsp3) is 0.158. The van der Waals surface area contributed by atoms with Crippen molar-refractivity contribution in [1.29, 1.82) is 0 Å². The summed E-state index contributed by atoms with van der Waals surface area (Å²) in [6.07, 6.45) is 0. The van der Waals surface area contributed by atoms with Crippen LogP contribution in [0.25, 0.3) is 22.0 Å². The second kappa shape index (κ2) is 5.98. The summed E-state index contributed by atoms with van der Waals surface area (Å²) in [5.41, 5.74) is 1.17. The molecule has 0 saturated heterocycles. The highest BCUT2D eigenvalue weighted by molar-refractivity contribution is 5.98. The molecule has 0 aliphatic carbocycles. The molecule has 4 aromatic rings. The number of aryl methyl sites for hydroxylation is 1. The second-order valence-corrected chi connectivity index (χ2v) is 5.75. The number of furan rings is 2. The summed E-state index contributed by atoms with van der Waals surface area (Å²) in [6.45, 7) is 2.16. The molecule has 0 bridgehead atoms. The number of amides is 1. The Morgan fingerprint density at radius 1 is 1.12 bits per heavy atom. The van der Waals surface area contributed by atoms with Gasteiger partial charge in [0, 0.05) is 16.8 Å². The molecule has 126 valence electrons. The first-order valence-corrected chi connectivity index (χ1v) is 7.84. The molecule has 0 aliphatic rings. The molecule has 3 aromatic heterocycles. The topological polar surface area (TPSA) is 77.5 Å². The molecular formula is C19H16N2O4. The summed E-state index contributed by atoms with van der Waals surface area (Å²) >= 11 is 0. The van der Waals surface area contributed by atoms with E-state index in [2.05, 4.69) is 10.3 Å². The Kier molecular flexibility index (Phi) is 3.65. The molecule has 0 radical (unpaired) electrons. The standard InChI is InChI=1S/C19H16N2O4/c1-11-3-5-15(24-11)10-20-18(22)17-8-13-7-12-4-6-14(23-2)9-16(12)21-19(13)25-17/h3-9H,10H2,1-2H3,(H,20,22). The maximum atomic E-state index is 12.3. The van der Waals surface area contributed by atoms with Crippen LogP contribution in [0, 0.1) is 6.92 Å². The molecule has 0 spiro atoms. The van der Waals surface area contributed by atoms with Crippen LogP contribution in [0.2, 0.25) is 0 Å². The van der Waals surface area contributed by atoms with E-state index < -0.39 is 0 Å². The number of hydrogen-bond donors (Lipinski definition) is 1. The van der Waals surface area contributed by atoms with Crippen LogP contribution >= 0.6 is 0 Å². The van der Waals surface area contributed by atoms with Gasteiger partial charge in [-0.15, -0.1) is 0 Å². The zero-order valence-corrected chi connectivity index (χ0v) is 13.8. The number of methoxy groups -OCH3 is 1. The highest BCUT2D eigenvalue weighted by Crippen LogP contribution is 2.25. The van der Waals surface area contributed by atoms with E-state index in [9.17, 15) is 4.79 Å². The van der Waals surface area contributed by atoms with Crippen molar-refractivity contribution in [3.63, 3.8) is 0 Å². The number of benzene rings is 1. The molecule has 0 unspecified atom stereocenters. The van der Waals surface area contributed by atoms with E-state index in [4.69, 9.17) is 13.6 Å². The van der Waals surface area contributed by atoms with Gasteiger partial charge in [-0.25, -0.2) is 4.98 Å². The molecule has 6 nitrogen and oxygen atoms in total. The van der Waals surface area contributed by atoms with Gasteiger partial charge in [-0.2, -0.15) is 0 Å². The lowest BCUT2D eigenvalue weighted by Gasteiger charge is -2.01. The van der Waals surface area contributed by atoms with Gasteiger partial charge >= 0.3 is 0 Å². The average Bonchev–Trinajstić information content (AvgIpc) is 3.22. The third kappa shape index (κ3) is 2.94. The number of hydrogen-bond acceptors (Lipinski definition) is 5. The van der Waals surface area contributed by atoms with Crippen LogP contribution in [0.4, 0.5) is 0 Å². The van der Waals surface area contributed by atoms with E-state index in [0.717, 1.165) is 27.8 Å². The van der Waals surface area contributed by atoms with Gasteiger partial charge in [0.05, 0.1) is 19.2 Å². The first-order valence-electron chi connectivity index (χ1n) is 7.84. The molecule has 0 saturated carbocycles. The van der Waals surface area contributed by atoms with Crippen LogP contribution in [0.1, 0.15) is 22.1 Å². The third-order valence-corrected chi connectivity index (χ3v) is 3.95. The van der Waals surface area contributed by atoms with E-state index in [0.29, 0.717) is 18.0 Å². The number of nitrogens with zero attached hydrogens (tertiary/aromatic N) is 1. The molecule has 0 fully saturated rings. The van der Waals surface area contributed by atoms with Gasteiger partial charge in [0.2, 0.25) is 5.71 Å². The van der Waals surface area contributed by atoms with Crippen molar-refractivity contribution in [2.75, 3.05) is 7.11 Å². The lowest BCUT2D eigenvalue weighted by molar-refractivity contribution is 0.0922. The van der Waals surface area contributed by atoms with Crippen molar-refractivity contribution >= 4 is 27.9 Å². The van der Waals surface area contributed by atoms with Crippen LogP contribution in [-0.4, -0.2) is 18.0 Å². The minimum atomic E-state index is -0.311. The number of carbonyl (C=O) groups excluding carboxylic acids is 1. The SMILES string of the molecule is COc1ccc2cc3cc(C(=O)NCc4ccc(C)o4)oc3nc2c1. The van der Waals surface area contributed by atoms with Gasteiger partial charge in [0.1, 0.15) is 17.3 Å². The summed E-state index contributed by atoms with van der Waals surface area (Å²) < 4.78 is 16.3. The Hall–Kier alpha value is -3.28. The Labute approximate surface area is 143 Å². The number of aromatic nitrogens is 1. The van der Waals surface area contributed by atoms with Crippen LogP contribution in [0.3, 0.4) is 0 Å². The Bertz CT molecular complexity index is 1080. The molecule has 6 heteroatoms. The van der Waals surface area contributed by atoms with E-state index in [1.807, 2.05) is 43.3 Å². The highest BCUT2D eigenvalue weighted by atomic mass is 16.5. The van der Waals surface area contributed by atoms with Crippen molar-refractivity contribution < 1.29 is 18.4 Å². The highest BCUT2D eigenvalue weighted by Gasteiger charge is 2.14. The first-order chi connectivity index (χ1) is 12.1. The smallest absolute Gasteiger partial charge is 0.287 e. The van der Waals surface area contributed by atoms with Gasteiger partial charge in [-0.05, 0) is 43.3 Å². The normalized spacial score (nSPS) is 11.1. The minimum Gasteiger partial charge on any atom is -0.497 e. The number of nitrogens with one attached hydrogen (secondary N) is 1. The van der Waals surface area contributed by atoms with E-state index in [1.165, 1.54) is 0 Å². The molecule has 25 heavy (non-hydrogen) atoms. The summed E-state index contributed by atoms with van der Waals surface area (Å²) in [7, 11) is 1.61. The summed E-state index contributed by atoms with van der Waals surface area (Å²) in [6, 6.07) is 12.9. The quantitative estimate of drug-likeness (QED) is 0.613. The molecule has 0 atom stereocenters. The van der Waals surface area contributed by atoms with Crippen molar-refractivity contribution in [2.24, 2.45) is 0 Å².